The molecule has 0 amide bonds. The van der Waals surface area contributed by atoms with E-state index in [1.165, 1.54) is 38.9 Å². The summed E-state index contributed by atoms with van der Waals surface area (Å²) in [5.74, 6) is 4.35. The van der Waals surface area contributed by atoms with Crippen LogP contribution in [-0.2, 0) is 0 Å². The van der Waals surface area contributed by atoms with Gasteiger partial charge in [0.05, 0.1) is 0 Å². The molecule has 0 N–H and O–H groups in total. The van der Waals surface area contributed by atoms with Crippen LogP contribution in [0.1, 0.15) is 84.0 Å². The fraction of sp³-hybridized carbons (Fsp3) is 1.00. The van der Waals surface area contributed by atoms with Crippen molar-refractivity contribution in [1.29, 1.82) is 0 Å². The van der Waals surface area contributed by atoms with E-state index in [4.69, 9.17) is 0 Å². The molecule has 0 aromatic carbocycles. The molecule has 3 saturated carbocycles. The molecule has 3 unspecified atom stereocenters. The van der Waals surface area contributed by atoms with Crippen LogP contribution in [0, 0.1) is 17.8 Å². The van der Waals surface area contributed by atoms with Crippen molar-refractivity contribution in [2.45, 2.75) is 100 Å². The van der Waals surface area contributed by atoms with E-state index >= 15 is 0 Å². The van der Waals surface area contributed by atoms with E-state index in [-0.39, 0.29) is 0 Å². The van der Waals surface area contributed by atoms with Crippen molar-refractivity contribution in [1.82, 2.24) is 0 Å². The van der Waals surface area contributed by atoms with Gasteiger partial charge >= 0.3 is 0 Å². The topological polar surface area (TPSA) is 0 Å². The van der Waals surface area contributed by atoms with Crippen molar-refractivity contribution in [3.8, 4) is 0 Å². The van der Waals surface area contributed by atoms with Crippen LogP contribution >= 0.6 is 0 Å². The molecule has 0 aromatic heterocycles. The quantitative estimate of drug-likeness (QED) is 0.617. The highest BCUT2D eigenvalue weighted by molar-refractivity contribution is 7.64. The third-order valence-corrected chi connectivity index (χ3v) is 9.68. The van der Waals surface area contributed by atoms with Gasteiger partial charge in [-0.05, 0) is 11.8 Å². The van der Waals surface area contributed by atoms with Gasteiger partial charge in [-0.2, -0.15) is 0 Å². The highest BCUT2D eigenvalue weighted by Crippen LogP contribution is 2.92. The highest BCUT2D eigenvalue weighted by atomic mass is 14.6. The summed E-state index contributed by atoms with van der Waals surface area (Å²) in [5.41, 5.74) is 0. The van der Waals surface area contributed by atoms with E-state index in [1.54, 1.807) is 51.4 Å². The molecule has 118 valence electrons. The Labute approximate surface area is 139 Å². The molecule has 5 rings (SSSR count). The molecule has 3 atom stereocenters. The Morgan fingerprint density at radius 2 is 1.50 bits per heavy atom. The minimum absolute atomic E-state index is 0.872. The Bertz CT molecular complexity index is 446. The van der Waals surface area contributed by atoms with Gasteiger partial charge in [-0.3, -0.25) is 0 Å². The van der Waals surface area contributed by atoms with Crippen LogP contribution in [0.25, 0.3) is 0 Å². The van der Waals surface area contributed by atoms with E-state index in [0.717, 1.165) is 34.0 Å². The zero-order valence-corrected chi connectivity index (χ0v) is 14.9. The van der Waals surface area contributed by atoms with E-state index < -0.39 is 0 Å². The maximum Gasteiger partial charge on any atom is 0.105 e. The van der Waals surface area contributed by atoms with Gasteiger partial charge in [0, 0.05) is 0 Å². The van der Waals surface area contributed by atoms with Crippen LogP contribution in [0.2, 0.25) is 16.2 Å². The summed E-state index contributed by atoms with van der Waals surface area (Å²) < 4.78 is 0. The Kier molecular flexibility index (Phi) is 3.21. The summed E-state index contributed by atoms with van der Waals surface area (Å²) in [6.45, 7) is 4.98. The Morgan fingerprint density at radius 3 is 2.18 bits per heavy atom. The fourth-order valence-corrected chi connectivity index (χ4v) is 8.57. The molecule has 2 aliphatic heterocycles. The van der Waals surface area contributed by atoms with Crippen LogP contribution in [0.4, 0.5) is 0 Å². The summed E-state index contributed by atoms with van der Waals surface area (Å²) in [7, 11) is 2.66. The molecule has 2 saturated heterocycles. The average molecular weight is 294 g/mol. The Morgan fingerprint density at radius 1 is 0.773 bits per heavy atom. The lowest BCUT2D eigenvalue weighted by molar-refractivity contribution is 0.187. The summed E-state index contributed by atoms with van der Waals surface area (Å²) in [6.07, 6.45) is 18.8. The smallest absolute Gasteiger partial charge is 0.0874 e. The number of fused-ring (bicyclic) bond motifs is 5. The van der Waals surface area contributed by atoms with Crippen LogP contribution < -0.4 is 0 Å². The van der Waals surface area contributed by atoms with Gasteiger partial charge in [0.25, 0.3) is 0 Å². The van der Waals surface area contributed by atoms with E-state index in [2.05, 4.69) is 14.8 Å². The lowest BCUT2D eigenvalue weighted by Gasteiger charge is -2.50. The summed E-state index contributed by atoms with van der Waals surface area (Å²) in [6, 6.07) is 0. The summed E-state index contributed by atoms with van der Waals surface area (Å²) in [5, 5.41) is 1.75. The Balaban J connectivity index is 1.25. The second-order valence-corrected chi connectivity index (χ2v) is 10.2. The lowest BCUT2D eigenvalue weighted by atomic mass is 9.32. The second kappa shape index (κ2) is 4.86. The summed E-state index contributed by atoms with van der Waals surface area (Å²) >= 11 is 0. The molecule has 5 fully saturated rings. The summed E-state index contributed by atoms with van der Waals surface area (Å²) in [4.78, 5) is 0. The molecule has 3 heteroatoms. The molecule has 0 nitrogen and oxygen atoms in total. The average Bonchev–Trinajstić information content (AvgIpc) is 3.42. The molecule has 0 radical (unpaired) electrons. The van der Waals surface area contributed by atoms with Crippen LogP contribution in [0.5, 0.6) is 0 Å². The van der Waals surface area contributed by atoms with Gasteiger partial charge in [-0.25, -0.2) is 0 Å². The van der Waals surface area contributed by atoms with Crippen molar-refractivity contribution in [3.63, 3.8) is 0 Å². The number of rotatable bonds is 1. The van der Waals surface area contributed by atoms with Crippen LogP contribution in [0.3, 0.4) is 0 Å². The van der Waals surface area contributed by atoms with Gasteiger partial charge < -0.3 is 0 Å². The first-order valence-electron chi connectivity index (χ1n) is 10.7. The largest absolute Gasteiger partial charge is 0.105 e. The predicted molar refractivity (Wildman–Crippen MR) is 101 cm³/mol. The van der Waals surface area contributed by atoms with Crippen LogP contribution in [0.15, 0.2) is 0 Å². The maximum absolute atomic E-state index is 2.66. The van der Waals surface area contributed by atoms with Crippen molar-refractivity contribution < 1.29 is 0 Å². The normalized spacial score (nSPS) is 42.5. The SMILES string of the molecule is BC1CC(C2CCCCC2)CCC12B1B2C12CCCCC2C. The third kappa shape index (κ3) is 1.70. The first-order chi connectivity index (χ1) is 10.7. The molecular weight excluding hydrogens is 261 g/mol. The molecule has 0 aromatic rings. The van der Waals surface area contributed by atoms with E-state index in [9.17, 15) is 0 Å². The van der Waals surface area contributed by atoms with Gasteiger partial charge in [-0.1, -0.05) is 106 Å². The Hall–Kier alpha value is 0.195. The zero-order valence-electron chi connectivity index (χ0n) is 14.9. The van der Waals surface area contributed by atoms with Crippen LogP contribution in [-0.4, -0.2) is 21.1 Å². The zero-order chi connectivity index (χ0) is 14.9. The van der Waals surface area contributed by atoms with Crippen molar-refractivity contribution in [2.24, 2.45) is 17.8 Å². The van der Waals surface area contributed by atoms with E-state index in [0.29, 0.717) is 0 Å². The van der Waals surface area contributed by atoms with Gasteiger partial charge in [0.2, 0.25) is 0 Å². The first kappa shape index (κ1) is 14.5. The number of hydrogen-bond donors (Lipinski definition) is 0. The van der Waals surface area contributed by atoms with Crippen molar-refractivity contribution in [2.75, 3.05) is 0 Å². The molecule has 2 spiro atoms. The standard InChI is InChI=1S/C19H33B3/c1-14-7-5-6-11-18(14)21-19(22(18)21)12-10-16(13-17(19)20)15-8-3-2-4-9-15/h14-17H,2-13,20H2,1H3. The van der Waals surface area contributed by atoms with Gasteiger partial charge in [0.15, 0.2) is 0 Å². The highest BCUT2D eigenvalue weighted by Gasteiger charge is 2.95. The molecular formula is C19H33B3. The lowest BCUT2D eigenvalue weighted by Crippen LogP contribution is -2.38. The van der Waals surface area contributed by atoms with E-state index in [1.807, 2.05) is 0 Å². The predicted octanol–water partition coefficient (Wildman–Crippen LogP) is 4.65. The van der Waals surface area contributed by atoms with Gasteiger partial charge in [-0.15, -0.1) is 0 Å². The second-order valence-electron chi connectivity index (χ2n) is 10.2. The minimum Gasteiger partial charge on any atom is -0.0874 e. The van der Waals surface area contributed by atoms with Crippen molar-refractivity contribution >= 4 is 21.1 Å². The third-order valence-electron chi connectivity index (χ3n) is 9.68. The first-order valence-corrected chi connectivity index (χ1v) is 10.7. The number of hydrogen-bond acceptors (Lipinski definition) is 0. The monoisotopic (exact) mass is 294 g/mol. The van der Waals surface area contributed by atoms with Crippen molar-refractivity contribution in [3.05, 3.63) is 0 Å². The molecule has 2 heterocycles. The maximum atomic E-state index is 2.66. The molecule has 5 aliphatic rings. The minimum atomic E-state index is 0.872. The molecule has 22 heavy (non-hydrogen) atoms. The molecule has 0 bridgehead atoms. The molecule has 3 aliphatic carbocycles. The fourth-order valence-electron chi connectivity index (χ4n) is 8.57. The van der Waals surface area contributed by atoms with Gasteiger partial charge in [0.1, 0.15) is 21.1 Å².